The first-order valence-corrected chi connectivity index (χ1v) is 8.31. The molecule has 0 atom stereocenters. The summed E-state index contributed by atoms with van der Waals surface area (Å²) in [6.07, 6.45) is 1.09. The molecule has 0 radical (unpaired) electrons. The number of aromatic amines is 1. The normalized spacial score (nSPS) is 11.4. The molecule has 0 aliphatic carbocycles. The Balaban J connectivity index is 2.26. The Bertz CT molecular complexity index is 687. The minimum Gasteiger partial charge on any atom is -0.352 e. The number of benzene rings is 1. The van der Waals surface area contributed by atoms with Crippen LogP contribution in [0.1, 0.15) is 23.0 Å². The van der Waals surface area contributed by atoms with Crippen LogP contribution >= 0.6 is 0 Å². The van der Waals surface area contributed by atoms with E-state index in [2.05, 4.69) is 4.98 Å². The van der Waals surface area contributed by atoms with Gasteiger partial charge in [-0.2, -0.15) is 0 Å². The number of carbonyl (C=O) groups excluding carboxylic acids is 1. The molecule has 1 aromatic heterocycles. The molecule has 106 valence electrons. The van der Waals surface area contributed by atoms with E-state index >= 15 is 0 Å². The van der Waals surface area contributed by atoms with Crippen molar-refractivity contribution in [3.8, 4) is 11.3 Å². The Hall–Kier alpha value is -1.88. The molecule has 2 aromatic rings. The SMILES string of the molecule is CCS(=O)(=O)CCc1cc(-c2ccccc2)[nH]c1C=O. The van der Waals surface area contributed by atoms with E-state index in [1.807, 2.05) is 36.4 Å². The third kappa shape index (κ3) is 3.36. The van der Waals surface area contributed by atoms with Gasteiger partial charge in [-0.1, -0.05) is 37.3 Å². The largest absolute Gasteiger partial charge is 0.352 e. The topological polar surface area (TPSA) is 67.0 Å². The predicted molar refractivity (Wildman–Crippen MR) is 79.6 cm³/mol. The predicted octanol–water partition coefficient (Wildman–Crippen LogP) is 2.47. The highest BCUT2D eigenvalue weighted by Gasteiger charge is 2.13. The molecule has 0 bridgehead atoms. The summed E-state index contributed by atoms with van der Waals surface area (Å²) >= 11 is 0. The molecular formula is C15H17NO3S. The third-order valence-corrected chi connectivity index (χ3v) is 4.96. The number of sulfone groups is 1. The summed E-state index contributed by atoms with van der Waals surface area (Å²) in [4.78, 5) is 14.1. The highest BCUT2D eigenvalue weighted by atomic mass is 32.2. The Labute approximate surface area is 118 Å². The number of aryl methyl sites for hydroxylation is 1. The molecule has 5 heteroatoms. The molecule has 0 unspecified atom stereocenters. The second-order valence-corrected chi connectivity index (χ2v) is 7.06. The van der Waals surface area contributed by atoms with Crippen LogP contribution in [0.15, 0.2) is 36.4 Å². The van der Waals surface area contributed by atoms with Crippen LogP contribution in [0.3, 0.4) is 0 Å². The fraction of sp³-hybridized carbons (Fsp3) is 0.267. The van der Waals surface area contributed by atoms with Gasteiger partial charge in [-0.3, -0.25) is 4.79 Å². The quantitative estimate of drug-likeness (QED) is 0.831. The smallest absolute Gasteiger partial charge is 0.166 e. The molecule has 0 spiro atoms. The van der Waals surface area contributed by atoms with Gasteiger partial charge < -0.3 is 4.98 Å². The molecule has 1 N–H and O–H groups in total. The Morgan fingerprint density at radius 2 is 1.90 bits per heavy atom. The summed E-state index contributed by atoms with van der Waals surface area (Å²) in [5, 5.41) is 0. The van der Waals surface area contributed by atoms with E-state index in [9.17, 15) is 13.2 Å². The van der Waals surface area contributed by atoms with Crippen molar-refractivity contribution in [3.05, 3.63) is 47.7 Å². The number of rotatable bonds is 6. The van der Waals surface area contributed by atoms with Crippen molar-refractivity contribution in [2.24, 2.45) is 0 Å². The van der Waals surface area contributed by atoms with Crippen LogP contribution in [0.25, 0.3) is 11.3 Å². The highest BCUT2D eigenvalue weighted by molar-refractivity contribution is 7.91. The molecule has 20 heavy (non-hydrogen) atoms. The van der Waals surface area contributed by atoms with Gasteiger partial charge >= 0.3 is 0 Å². The van der Waals surface area contributed by atoms with Crippen LogP contribution in [-0.4, -0.2) is 31.2 Å². The first kappa shape index (κ1) is 14.5. The van der Waals surface area contributed by atoms with E-state index in [0.717, 1.165) is 23.1 Å². The molecule has 1 aromatic carbocycles. The maximum absolute atomic E-state index is 11.6. The van der Waals surface area contributed by atoms with Gasteiger partial charge in [0.25, 0.3) is 0 Å². The van der Waals surface area contributed by atoms with E-state index < -0.39 is 9.84 Å². The van der Waals surface area contributed by atoms with E-state index in [-0.39, 0.29) is 11.5 Å². The van der Waals surface area contributed by atoms with Crippen LogP contribution in [0, 0.1) is 0 Å². The molecule has 0 saturated heterocycles. The summed E-state index contributed by atoms with van der Waals surface area (Å²) in [5.41, 5.74) is 3.00. The fourth-order valence-electron chi connectivity index (χ4n) is 2.01. The van der Waals surface area contributed by atoms with Crippen LogP contribution in [0.5, 0.6) is 0 Å². The molecule has 0 aliphatic heterocycles. The minimum atomic E-state index is -3.03. The summed E-state index contributed by atoms with van der Waals surface area (Å²) < 4.78 is 23.1. The lowest BCUT2D eigenvalue weighted by Crippen LogP contribution is -2.11. The van der Waals surface area contributed by atoms with Crippen LogP contribution < -0.4 is 0 Å². The van der Waals surface area contributed by atoms with Gasteiger partial charge in [-0.05, 0) is 23.6 Å². The molecule has 2 rings (SSSR count). The van der Waals surface area contributed by atoms with E-state index in [1.54, 1.807) is 6.92 Å². The average molecular weight is 291 g/mol. The maximum Gasteiger partial charge on any atom is 0.166 e. The van der Waals surface area contributed by atoms with Gasteiger partial charge in [0, 0.05) is 11.4 Å². The second-order valence-electron chi connectivity index (χ2n) is 4.59. The number of H-pyrrole nitrogens is 1. The van der Waals surface area contributed by atoms with Crippen molar-refractivity contribution in [2.45, 2.75) is 13.3 Å². The summed E-state index contributed by atoms with van der Waals surface area (Å²) in [6.45, 7) is 1.63. The molecule has 0 aliphatic rings. The van der Waals surface area contributed by atoms with Crippen LogP contribution in [0.2, 0.25) is 0 Å². The Kier molecular flexibility index (Phi) is 4.39. The number of carbonyl (C=O) groups is 1. The lowest BCUT2D eigenvalue weighted by molar-refractivity contribution is 0.111. The Morgan fingerprint density at radius 1 is 1.20 bits per heavy atom. The average Bonchev–Trinajstić information content (AvgIpc) is 2.89. The number of aromatic nitrogens is 1. The molecular weight excluding hydrogens is 274 g/mol. The Morgan fingerprint density at radius 3 is 2.50 bits per heavy atom. The lowest BCUT2D eigenvalue weighted by atomic mass is 10.1. The summed E-state index contributed by atoms with van der Waals surface area (Å²) in [6, 6.07) is 11.5. The van der Waals surface area contributed by atoms with Crippen molar-refractivity contribution >= 4 is 16.1 Å². The first-order valence-electron chi connectivity index (χ1n) is 6.48. The zero-order valence-electron chi connectivity index (χ0n) is 11.3. The summed E-state index contributed by atoms with van der Waals surface area (Å²) in [7, 11) is -3.03. The fourth-order valence-corrected chi connectivity index (χ4v) is 2.83. The number of hydrogen-bond acceptors (Lipinski definition) is 3. The zero-order valence-corrected chi connectivity index (χ0v) is 12.1. The van der Waals surface area contributed by atoms with Crippen LogP contribution in [-0.2, 0) is 16.3 Å². The highest BCUT2D eigenvalue weighted by Crippen LogP contribution is 2.21. The van der Waals surface area contributed by atoms with Crippen molar-refractivity contribution in [1.82, 2.24) is 4.98 Å². The monoisotopic (exact) mass is 291 g/mol. The molecule has 0 fully saturated rings. The van der Waals surface area contributed by atoms with Gasteiger partial charge in [0.05, 0.1) is 11.4 Å². The standard InChI is InChI=1S/C15H17NO3S/c1-2-20(18,19)9-8-13-10-14(16-15(13)11-17)12-6-4-3-5-7-12/h3-7,10-11,16H,2,8-9H2,1H3. The zero-order chi connectivity index (χ0) is 14.6. The lowest BCUT2D eigenvalue weighted by Gasteiger charge is -2.00. The van der Waals surface area contributed by atoms with Crippen LogP contribution in [0.4, 0.5) is 0 Å². The van der Waals surface area contributed by atoms with Gasteiger partial charge in [-0.15, -0.1) is 0 Å². The molecule has 0 amide bonds. The van der Waals surface area contributed by atoms with E-state index in [0.29, 0.717) is 12.1 Å². The van der Waals surface area contributed by atoms with E-state index in [4.69, 9.17) is 0 Å². The van der Waals surface area contributed by atoms with E-state index in [1.165, 1.54) is 0 Å². The van der Waals surface area contributed by atoms with Crippen molar-refractivity contribution < 1.29 is 13.2 Å². The molecule has 0 saturated carbocycles. The van der Waals surface area contributed by atoms with Gasteiger partial charge in [0.2, 0.25) is 0 Å². The minimum absolute atomic E-state index is 0.0659. The summed E-state index contributed by atoms with van der Waals surface area (Å²) in [5.74, 6) is 0.190. The second kappa shape index (κ2) is 6.05. The van der Waals surface area contributed by atoms with Gasteiger partial charge in [0.1, 0.15) is 9.84 Å². The van der Waals surface area contributed by atoms with Crippen molar-refractivity contribution in [3.63, 3.8) is 0 Å². The number of aldehydes is 1. The first-order chi connectivity index (χ1) is 9.55. The molecule has 1 heterocycles. The van der Waals surface area contributed by atoms with Crippen molar-refractivity contribution in [1.29, 1.82) is 0 Å². The number of hydrogen-bond donors (Lipinski definition) is 1. The van der Waals surface area contributed by atoms with Crippen molar-refractivity contribution in [2.75, 3.05) is 11.5 Å². The van der Waals surface area contributed by atoms with Gasteiger partial charge in [0.15, 0.2) is 6.29 Å². The third-order valence-electron chi connectivity index (χ3n) is 3.26. The van der Waals surface area contributed by atoms with Gasteiger partial charge in [-0.25, -0.2) is 8.42 Å². The maximum atomic E-state index is 11.6. The molecule has 4 nitrogen and oxygen atoms in total. The number of nitrogens with one attached hydrogen (secondary N) is 1.